The predicted molar refractivity (Wildman–Crippen MR) is 78.9 cm³/mol. The third-order valence-corrected chi connectivity index (χ3v) is 2.99. The number of nitrogens with one attached hydrogen (secondary N) is 1. The van der Waals surface area contributed by atoms with Crippen molar-refractivity contribution in [2.24, 2.45) is 11.5 Å². The van der Waals surface area contributed by atoms with Crippen LogP contribution in [0.25, 0.3) is 0 Å². The highest BCUT2D eigenvalue weighted by molar-refractivity contribution is 7.80. The number of hydrogen-bond donors (Lipinski definition) is 3. The van der Waals surface area contributed by atoms with E-state index in [-0.39, 0.29) is 17.0 Å². The van der Waals surface area contributed by atoms with Crippen molar-refractivity contribution in [3.8, 4) is 0 Å². The van der Waals surface area contributed by atoms with Gasteiger partial charge >= 0.3 is 6.18 Å². The first kappa shape index (κ1) is 17.2. The van der Waals surface area contributed by atoms with Gasteiger partial charge in [0.25, 0.3) is 0 Å². The highest BCUT2D eigenvalue weighted by atomic mass is 32.1. The fraction of sp³-hybridized carbons (Fsp3) is 0.385. The Morgan fingerprint density at radius 1 is 1.24 bits per heavy atom. The Bertz CT molecular complexity index is 532. The molecule has 1 aromatic carbocycles. The number of amides is 1. The molecule has 0 spiro atoms. The Labute approximate surface area is 125 Å². The summed E-state index contributed by atoms with van der Waals surface area (Å²) in [7, 11) is 0. The summed E-state index contributed by atoms with van der Waals surface area (Å²) in [5.74, 6) is -0.393. The van der Waals surface area contributed by atoms with Gasteiger partial charge in [-0.2, -0.15) is 13.2 Å². The highest BCUT2D eigenvalue weighted by Gasteiger charge is 2.34. The number of anilines is 1. The lowest BCUT2D eigenvalue weighted by atomic mass is 10.1. The van der Waals surface area contributed by atoms with Crippen molar-refractivity contribution in [3.05, 3.63) is 29.3 Å². The number of nitrogens with two attached hydrogens (primary N) is 2. The molecule has 0 bridgehead atoms. The van der Waals surface area contributed by atoms with E-state index in [1.807, 2.05) is 0 Å². The molecule has 8 heteroatoms. The maximum Gasteiger partial charge on any atom is 0.417 e. The zero-order valence-corrected chi connectivity index (χ0v) is 12.0. The van der Waals surface area contributed by atoms with Gasteiger partial charge in [0.2, 0.25) is 5.91 Å². The van der Waals surface area contributed by atoms with Crippen molar-refractivity contribution in [2.75, 3.05) is 11.9 Å². The molecule has 5 N–H and O–H groups in total. The van der Waals surface area contributed by atoms with Crippen molar-refractivity contribution in [2.45, 2.75) is 25.4 Å². The molecule has 0 aliphatic rings. The van der Waals surface area contributed by atoms with Gasteiger partial charge in [-0.15, -0.1) is 0 Å². The Morgan fingerprint density at radius 2 is 1.90 bits per heavy atom. The third kappa shape index (κ3) is 5.58. The molecule has 1 rings (SSSR count). The summed E-state index contributed by atoms with van der Waals surface area (Å²) < 4.78 is 38.8. The van der Waals surface area contributed by atoms with Crippen molar-refractivity contribution in [3.63, 3.8) is 0 Å². The number of alkyl halides is 3. The first-order valence-electron chi connectivity index (χ1n) is 6.25. The van der Waals surface area contributed by atoms with Crippen LogP contribution in [0.1, 0.15) is 30.4 Å². The zero-order chi connectivity index (χ0) is 16.0. The molecular weight excluding hydrogens is 303 g/mol. The van der Waals surface area contributed by atoms with E-state index in [0.29, 0.717) is 25.1 Å². The number of carbonyl (C=O) groups is 1. The lowest BCUT2D eigenvalue weighted by molar-refractivity contribution is -0.137. The summed E-state index contributed by atoms with van der Waals surface area (Å²) in [6, 6.07) is 3.71. The molecule has 1 aromatic rings. The lowest BCUT2D eigenvalue weighted by Gasteiger charge is -2.14. The van der Waals surface area contributed by atoms with E-state index in [0.717, 1.165) is 6.07 Å². The van der Waals surface area contributed by atoms with E-state index < -0.39 is 17.6 Å². The molecule has 0 atom stereocenters. The van der Waals surface area contributed by atoms with Crippen LogP contribution in [-0.4, -0.2) is 17.4 Å². The van der Waals surface area contributed by atoms with Crippen LogP contribution in [0.2, 0.25) is 0 Å². The summed E-state index contributed by atoms with van der Waals surface area (Å²) in [5.41, 5.74) is 9.55. The first-order valence-corrected chi connectivity index (χ1v) is 6.66. The molecule has 0 aliphatic carbocycles. The number of unbranched alkanes of at least 4 members (excludes halogenated alkanes) is 1. The van der Waals surface area contributed by atoms with Crippen molar-refractivity contribution in [1.29, 1.82) is 0 Å². The zero-order valence-electron chi connectivity index (χ0n) is 11.2. The summed E-state index contributed by atoms with van der Waals surface area (Å²) in [6.45, 7) is 0.441. The molecule has 0 fully saturated rings. The second-order valence-corrected chi connectivity index (χ2v) is 4.91. The number of carbonyl (C=O) groups excluding carboxylic acids is 1. The minimum Gasteiger partial charge on any atom is -0.389 e. The van der Waals surface area contributed by atoms with E-state index in [9.17, 15) is 18.0 Å². The molecule has 0 saturated carbocycles. The number of hydrogen-bond acceptors (Lipinski definition) is 3. The van der Waals surface area contributed by atoms with Gasteiger partial charge in [0.15, 0.2) is 0 Å². The van der Waals surface area contributed by atoms with Crippen LogP contribution in [0, 0.1) is 0 Å². The molecule has 116 valence electrons. The van der Waals surface area contributed by atoms with Gasteiger partial charge in [-0.1, -0.05) is 12.2 Å². The number of benzene rings is 1. The molecule has 0 aromatic heterocycles. The van der Waals surface area contributed by atoms with Crippen LogP contribution in [0.3, 0.4) is 0 Å². The van der Waals surface area contributed by atoms with Crippen LogP contribution in [0.15, 0.2) is 18.2 Å². The summed E-state index contributed by atoms with van der Waals surface area (Å²) in [5, 5.41) is 2.86. The predicted octanol–water partition coefficient (Wildman–Crippen LogP) is 2.41. The Kier molecular flexibility index (Phi) is 5.95. The molecule has 4 nitrogen and oxygen atoms in total. The lowest BCUT2D eigenvalue weighted by Crippen LogP contribution is -2.18. The van der Waals surface area contributed by atoms with Crippen LogP contribution in [0.4, 0.5) is 18.9 Å². The van der Waals surface area contributed by atoms with Crippen LogP contribution in [0.5, 0.6) is 0 Å². The molecule has 21 heavy (non-hydrogen) atoms. The topological polar surface area (TPSA) is 81.1 Å². The quantitative estimate of drug-likeness (QED) is 0.532. The SMILES string of the molecule is NC(=O)CCCCNc1ccc(C(N)=S)c(C(F)(F)F)c1. The second kappa shape index (κ2) is 7.26. The Hall–Kier alpha value is -1.83. The normalized spacial score (nSPS) is 11.2. The summed E-state index contributed by atoms with van der Waals surface area (Å²) in [6.07, 6.45) is -3.06. The molecule has 0 saturated heterocycles. The van der Waals surface area contributed by atoms with Crippen molar-refractivity contribution in [1.82, 2.24) is 0 Å². The second-order valence-electron chi connectivity index (χ2n) is 4.47. The number of halogens is 3. The van der Waals surface area contributed by atoms with Gasteiger partial charge in [-0.25, -0.2) is 0 Å². The fourth-order valence-electron chi connectivity index (χ4n) is 1.76. The summed E-state index contributed by atoms with van der Waals surface area (Å²) in [4.78, 5) is 10.2. The molecular formula is C13H16F3N3OS. The van der Waals surface area contributed by atoms with Gasteiger partial charge < -0.3 is 16.8 Å². The molecule has 0 heterocycles. The van der Waals surface area contributed by atoms with Gasteiger partial charge in [0, 0.05) is 24.2 Å². The largest absolute Gasteiger partial charge is 0.417 e. The molecule has 0 radical (unpaired) electrons. The highest BCUT2D eigenvalue weighted by Crippen LogP contribution is 2.33. The molecule has 0 unspecified atom stereocenters. The van der Waals surface area contributed by atoms with Crippen LogP contribution < -0.4 is 16.8 Å². The maximum atomic E-state index is 12.9. The van der Waals surface area contributed by atoms with E-state index in [2.05, 4.69) is 17.5 Å². The number of thiocarbonyl (C=S) groups is 1. The van der Waals surface area contributed by atoms with Crippen molar-refractivity contribution < 1.29 is 18.0 Å². The van der Waals surface area contributed by atoms with E-state index in [1.165, 1.54) is 12.1 Å². The minimum absolute atomic E-state index is 0.197. The minimum atomic E-state index is -4.53. The number of rotatable bonds is 7. The average molecular weight is 319 g/mol. The van der Waals surface area contributed by atoms with Gasteiger partial charge in [0.05, 0.1) is 5.56 Å². The standard InChI is InChI=1S/C13H16F3N3OS/c14-13(15,16)10-7-8(4-5-9(10)12(18)21)19-6-2-1-3-11(17)20/h4-5,7,19H,1-3,6H2,(H2,17,20)(H2,18,21). The van der Waals surface area contributed by atoms with Crippen LogP contribution >= 0.6 is 12.2 Å². The smallest absolute Gasteiger partial charge is 0.389 e. The monoisotopic (exact) mass is 319 g/mol. The Balaban J connectivity index is 2.73. The Morgan fingerprint density at radius 3 is 2.43 bits per heavy atom. The van der Waals surface area contributed by atoms with E-state index in [4.69, 9.17) is 11.5 Å². The molecule has 0 aliphatic heterocycles. The van der Waals surface area contributed by atoms with Crippen molar-refractivity contribution >= 4 is 28.8 Å². The maximum absolute atomic E-state index is 12.9. The number of primary amides is 1. The van der Waals surface area contributed by atoms with Crippen LogP contribution in [-0.2, 0) is 11.0 Å². The molecule has 1 amide bonds. The van der Waals surface area contributed by atoms with Gasteiger partial charge in [-0.05, 0) is 31.0 Å². The van der Waals surface area contributed by atoms with Gasteiger partial charge in [0.1, 0.15) is 4.99 Å². The summed E-state index contributed by atoms with van der Waals surface area (Å²) >= 11 is 4.62. The third-order valence-electron chi connectivity index (χ3n) is 2.77. The van der Waals surface area contributed by atoms with E-state index in [1.54, 1.807) is 0 Å². The first-order chi connectivity index (χ1) is 9.71. The average Bonchev–Trinajstić information content (AvgIpc) is 2.36. The fourth-order valence-corrected chi connectivity index (χ4v) is 1.94. The van der Waals surface area contributed by atoms with Gasteiger partial charge in [-0.3, -0.25) is 4.79 Å². The van der Waals surface area contributed by atoms with E-state index >= 15 is 0 Å².